The highest BCUT2D eigenvalue weighted by molar-refractivity contribution is 5.72. The molecule has 1 atom stereocenters. The van der Waals surface area contributed by atoms with Gasteiger partial charge in [-0.25, -0.2) is 0 Å². The molecule has 0 bridgehead atoms. The Bertz CT molecular complexity index is 502. The van der Waals surface area contributed by atoms with Crippen molar-refractivity contribution in [2.45, 2.75) is 19.6 Å². The van der Waals surface area contributed by atoms with E-state index in [9.17, 15) is 9.90 Å². The molecule has 2 aromatic rings. The summed E-state index contributed by atoms with van der Waals surface area (Å²) in [6, 6.07) is 10.9. The molecule has 0 saturated carbocycles. The van der Waals surface area contributed by atoms with Gasteiger partial charge < -0.3 is 14.8 Å². The number of amides is 1. The molecule has 0 radical (unpaired) electrons. The first-order valence-electron chi connectivity index (χ1n) is 5.71. The van der Waals surface area contributed by atoms with Crippen LogP contribution >= 0.6 is 0 Å². The van der Waals surface area contributed by atoms with E-state index in [2.05, 4.69) is 5.32 Å². The van der Waals surface area contributed by atoms with Crippen molar-refractivity contribution in [1.82, 2.24) is 5.32 Å². The van der Waals surface area contributed by atoms with E-state index in [4.69, 9.17) is 4.42 Å². The monoisotopic (exact) mass is 245 g/mol. The largest absolute Gasteiger partial charge is 0.466 e. The number of carbonyl (C=O) groups excluding carboxylic acids is 1. The Morgan fingerprint density at radius 2 is 2.06 bits per heavy atom. The van der Waals surface area contributed by atoms with Gasteiger partial charge in [-0.05, 0) is 23.3 Å². The topological polar surface area (TPSA) is 62.5 Å². The molecule has 0 aliphatic rings. The van der Waals surface area contributed by atoms with E-state index < -0.39 is 6.10 Å². The summed E-state index contributed by atoms with van der Waals surface area (Å²) >= 11 is 0. The SMILES string of the molecule is CC(=O)NCc1ccc(C(O)c2ccco2)cc1. The molecule has 2 rings (SSSR count). The van der Waals surface area contributed by atoms with Crippen molar-refractivity contribution in [3.63, 3.8) is 0 Å². The van der Waals surface area contributed by atoms with Gasteiger partial charge in [-0.15, -0.1) is 0 Å². The smallest absolute Gasteiger partial charge is 0.217 e. The summed E-state index contributed by atoms with van der Waals surface area (Å²) in [5.74, 6) is 0.458. The number of aliphatic hydroxyl groups is 1. The molecule has 2 N–H and O–H groups in total. The van der Waals surface area contributed by atoms with Gasteiger partial charge >= 0.3 is 0 Å². The molecular formula is C14H15NO3. The Kier molecular flexibility index (Phi) is 3.79. The van der Waals surface area contributed by atoms with E-state index in [0.717, 1.165) is 11.1 Å². The quantitative estimate of drug-likeness (QED) is 0.866. The zero-order valence-corrected chi connectivity index (χ0v) is 10.1. The summed E-state index contributed by atoms with van der Waals surface area (Å²) in [6.07, 6.45) is 0.777. The second kappa shape index (κ2) is 5.51. The summed E-state index contributed by atoms with van der Waals surface area (Å²) < 4.78 is 5.15. The minimum Gasteiger partial charge on any atom is -0.466 e. The van der Waals surface area contributed by atoms with Gasteiger partial charge in [-0.1, -0.05) is 24.3 Å². The molecule has 1 unspecified atom stereocenters. The van der Waals surface area contributed by atoms with Gasteiger partial charge in [-0.3, -0.25) is 4.79 Å². The lowest BCUT2D eigenvalue weighted by atomic mass is 10.1. The number of hydrogen-bond donors (Lipinski definition) is 2. The summed E-state index contributed by atoms with van der Waals surface area (Å²) in [7, 11) is 0. The molecule has 4 nitrogen and oxygen atoms in total. The first kappa shape index (κ1) is 12.4. The van der Waals surface area contributed by atoms with Gasteiger partial charge in [0.1, 0.15) is 11.9 Å². The molecule has 0 spiro atoms. The van der Waals surface area contributed by atoms with Gasteiger partial charge in [-0.2, -0.15) is 0 Å². The van der Waals surface area contributed by atoms with Crippen molar-refractivity contribution >= 4 is 5.91 Å². The molecule has 0 fully saturated rings. The van der Waals surface area contributed by atoms with Crippen LogP contribution < -0.4 is 5.32 Å². The normalized spacial score (nSPS) is 12.1. The van der Waals surface area contributed by atoms with Crippen LogP contribution in [0.1, 0.15) is 29.9 Å². The van der Waals surface area contributed by atoms with Crippen LogP contribution in [0.3, 0.4) is 0 Å². The van der Waals surface area contributed by atoms with Crippen molar-refractivity contribution in [1.29, 1.82) is 0 Å². The molecule has 0 aliphatic carbocycles. The van der Waals surface area contributed by atoms with E-state index in [1.165, 1.54) is 13.2 Å². The molecule has 1 heterocycles. The van der Waals surface area contributed by atoms with Crippen LogP contribution in [0, 0.1) is 0 Å². The Balaban J connectivity index is 2.05. The van der Waals surface area contributed by atoms with Crippen LogP contribution in [0.2, 0.25) is 0 Å². The van der Waals surface area contributed by atoms with Gasteiger partial charge in [0, 0.05) is 13.5 Å². The fourth-order valence-corrected chi connectivity index (χ4v) is 1.66. The predicted molar refractivity (Wildman–Crippen MR) is 66.7 cm³/mol. The molecular weight excluding hydrogens is 230 g/mol. The third-order valence-corrected chi connectivity index (χ3v) is 2.65. The Labute approximate surface area is 105 Å². The van der Waals surface area contributed by atoms with E-state index in [1.54, 1.807) is 12.1 Å². The lowest BCUT2D eigenvalue weighted by Crippen LogP contribution is -2.18. The van der Waals surface area contributed by atoms with Crippen LogP contribution in [0.15, 0.2) is 47.1 Å². The lowest BCUT2D eigenvalue weighted by molar-refractivity contribution is -0.119. The van der Waals surface area contributed by atoms with Crippen molar-refractivity contribution in [3.8, 4) is 0 Å². The molecule has 0 aliphatic heterocycles. The van der Waals surface area contributed by atoms with Crippen LogP contribution in [-0.2, 0) is 11.3 Å². The van der Waals surface area contributed by atoms with Crippen molar-refractivity contribution < 1.29 is 14.3 Å². The highest BCUT2D eigenvalue weighted by Gasteiger charge is 2.12. The summed E-state index contributed by atoms with van der Waals surface area (Å²) in [6.45, 7) is 1.97. The molecule has 4 heteroatoms. The fourth-order valence-electron chi connectivity index (χ4n) is 1.66. The van der Waals surface area contributed by atoms with Crippen molar-refractivity contribution in [2.75, 3.05) is 0 Å². The molecule has 1 aromatic heterocycles. The first-order valence-corrected chi connectivity index (χ1v) is 5.71. The molecule has 1 aromatic carbocycles. The number of furan rings is 1. The van der Waals surface area contributed by atoms with E-state index >= 15 is 0 Å². The van der Waals surface area contributed by atoms with Crippen LogP contribution in [0.5, 0.6) is 0 Å². The maximum atomic E-state index is 10.8. The zero-order valence-electron chi connectivity index (χ0n) is 10.1. The van der Waals surface area contributed by atoms with E-state index in [1.807, 2.05) is 24.3 Å². The second-order valence-electron chi connectivity index (χ2n) is 4.07. The zero-order chi connectivity index (χ0) is 13.0. The number of nitrogens with one attached hydrogen (secondary N) is 1. The molecule has 1 amide bonds. The second-order valence-corrected chi connectivity index (χ2v) is 4.07. The Morgan fingerprint density at radius 1 is 1.33 bits per heavy atom. The average Bonchev–Trinajstić information content (AvgIpc) is 2.90. The van der Waals surface area contributed by atoms with Crippen LogP contribution in [0.25, 0.3) is 0 Å². The van der Waals surface area contributed by atoms with Gasteiger partial charge in [0.25, 0.3) is 0 Å². The maximum absolute atomic E-state index is 10.8. The van der Waals surface area contributed by atoms with Crippen LogP contribution in [0.4, 0.5) is 0 Å². The summed E-state index contributed by atoms with van der Waals surface area (Å²) in [5, 5.41) is 12.7. The number of carbonyl (C=O) groups is 1. The highest BCUT2D eigenvalue weighted by atomic mass is 16.4. The molecule has 18 heavy (non-hydrogen) atoms. The highest BCUT2D eigenvalue weighted by Crippen LogP contribution is 2.22. The van der Waals surface area contributed by atoms with E-state index in [0.29, 0.717) is 12.3 Å². The third kappa shape index (κ3) is 2.99. The van der Waals surface area contributed by atoms with Gasteiger partial charge in [0.05, 0.1) is 6.26 Å². The van der Waals surface area contributed by atoms with E-state index in [-0.39, 0.29) is 5.91 Å². The third-order valence-electron chi connectivity index (χ3n) is 2.65. The fraction of sp³-hybridized carbons (Fsp3) is 0.214. The average molecular weight is 245 g/mol. The minimum absolute atomic E-state index is 0.0605. The van der Waals surface area contributed by atoms with Crippen molar-refractivity contribution in [3.05, 3.63) is 59.5 Å². The number of benzene rings is 1. The number of hydrogen-bond acceptors (Lipinski definition) is 3. The molecule has 0 saturated heterocycles. The van der Waals surface area contributed by atoms with Crippen molar-refractivity contribution in [2.24, 2.45) is 0 Å². The Hall–Kier alpha value is -2.07. The van der Waals surface area contributed by atoms with Crippen LogP contribution in [-0.4, -0.2) is 11.0 Å². The standard InChI is InChI=1S/C14H15NO3/c1-10(16)15-9-11-4-6-12(7-5-11)14(17)13-3-2-8-18-13/h2-8,14,17H,9H2,1H3,(H,15,16). The Morgan fingerprint density at radius 3 is 2.61 bits per heavy atom. The maximum Gasteiger partial charge on any atom is 0.217 e. The summed E-state index contributed by atoms with van der Waals surface area (Å²) in [5.41, 5.74) is 1.75. The summed E-state index contributed by atoms with van der Waals surface area (Å²) in [4.78, 5) is 10.8. The predicted octanol–water partition coefficient (Wildman–Crippen LogP) is 2.00. The minimum atomic E-state index is -0.755. The lowest BCUT2D eigenvalue weighted by Gasteiger charge is -2.09. The first-order chi connectivity index (χ1) is 8.66. The number of rotatable bonds is 4. The number of aliphatic hydroxyl groups excluding tert-OH is 1. The van der Waals surface area contributed by atoms with Gasteiger partial charge in [0.2, 0.25) is 5.91 Å². The van der Waals surface area contributed by atoms with Gasteiger partial charge in [0.15, 0.2) is 0 Å². The molecule has 94 valence electrons.